The second-order valence-corrected chi connectivity index (χ2v) is 7.22. The number of fused-ring (bicyclic) bond motifs is 1. The van der Waals surface area contributed by atoms with E-state index in [0.29, 0.717) is 24.5 Å². The third-order valence-electron chi connectivity index (χ3n) is 5.21. The number of rotatable bonds is 7. The first kappa shape index (κ1) is 20.6. The van der Waals surface area contributed by atoms with Gasteiger partial charge in [0.05, 0.1) is 20.8 Å². The predicted octanol–water partition coefficient (Wildman–Crippen LogP) is 4.60. The summed E-state index contributed by atoms with van der Waals surface area (Å²) >= 11 is 0. The van der Waals surface area contributed by atoms with E-state index in [1.54, 1.807) is 14.2 Å². The first-order valence-electron chi connectivity index (χ1n) is 10.1. The molecular weight excluding hydrogens is 394 g/mol. The zero-order valence-electron chi connectivity index (χ0n) is 17.6. The second-order valence-electron chi connectivity index (χ2n) is 7.22. The lowest BCUT2D eigenvalue weighted by molar-refractivity contribution is 0.133. The molecule has 1 amide bonds. The van der Waals surface area contributed by atoms with E-state index in [2.05, 4.69) is 5.32 Å². The van der Waals surface area contributed by atoms with Crippen molar-refractivity contribution in [1.29, 1.82) is 0 Å². The van der Waals surface area contributed by atoms with E-state index in [1.807, 2.05) is 66.7 Å². The van der Waals surface area contributed by atoms with Crippen LogP contribution < -0.4 is 19.5 Å². The highest BCUT2D eigenvalue weighted by Gasteiger charge is 2.27. The van der Waals surface area contributed by atoms with Crippen LogP contribution in [0.15, 0.2) is 66.7 Å². The topological polar surface area (TPSA) is 66.0 Å². The molecule has 0 aromatic heterocycles. The van der Waals surface area contributed by atoms with E-state index < -0.39 is 6.09 Å². The van der Waals surface area contributed by atoms with Gasteiger partial charge in [-0.2, -0.15) is 0 Å². The summed E-state index contributed by atoms with van der Waals surface area (Å²) in [5, 5.41) is 2.80. The summed E-state index contributed by atoms with van der Waals surface area (Å²) < 4.78 is 22.5. The molecule has 6 heteroatoms. The molecule has 1 unspecified atom stereocenters. The molecule has 1 atom stereocenters. The zero-order valence-corrected chi connectivity index (χ0v) is 17.6. The Hall–Kier alpha value is -3.67. The Morgan fingerprint density at radius 1 is 0.968 bits per heavy atom. The summed E-state index contributed by atoms with van der Waals surface area (Å²) in [5.41, 5.74) is 3.86. The highest BCUT2D eigenvalue weighted by Crippen LogP contribution is 2.45. The normalized spacial score (nSPS) is 14.3. The van der Waals surface area contributed by atoms with E-state index in [1.165, 1.54) is 0 Å². The van der Waals surface area contributed by atoms with Gasteiger partial charge in [0, 0.05) is 17.5 Å². The molecular formula is C25H25NO5. The molecule has 1 aliphatic rings. The molecule has 3 aromatic rings. The van der Waals surface area contributed by atoms with Crippen LogP contribution in [0, 0.1) is 0 Å². The molecule has 1 heterocycles. The standard InChI is InChI=1S/C25H25NO5/c1-28-22-13-7-12-21(24(22)29-2)20-11-6-10-18-14-19(31-23(18)20)15-26-25(27)30-16-17-8-4-3-5-9-17/h3-13,19H,14-16H2,1-2H3,(H,26,27). The molecule has 0 saturated carbocycles. The van der Waals surface area contributed by atoms with Crippen molar-refractivity contribution in [2.45, 2.75) is 19.1 Å². The molecule has 0 bridgehead atoms. The van der Waals surface area contributed by atoms with Crippen LogP contribution in [-0.4, -0.2) is 33.0 Å². The molecule has 0 spiro atoms. The maximum Gasteiger partial charge on any atom is 0.407 e. The van der Waals surface area contributed by atoms with Gasteiger partial charge < -0.3 is 24.3 Å². The maximum atomic E-state index is 12.1. The second kappa shape index (κ2) is 9.43. The summed E-state index contributed by atoms with van der Waals surface area (Å²) in [4.78, 5) is 12.1. The van der Waals surface area contributed by atoms with E-state index >= 15 is 0 Å². The number of amides is 1. The van der Waals surface area contributed by atoms with Crippen LogP contribution >= 0.6 is 0 Å². The van der Waals surface area contributed by atoms with E-state index in [4.69, 9.17) is 18.9 Å². The number of ether oxygens (including phenoxy) is 4. The Bertz CT molecular complexity index is 1050. The van der Waals surface area contributed by atoms with Gasteiger partial charge in [0.2, 0.25) is 0 Å². The van der Waals surface area contributed by atoms with Gasteiger partial charge >= 0.3 is 6.09 Å². The lowest BCUT2D eigenvalue weighted by atomic mass is 9.99. The molecule has 0 fully saturated rings. The van der Waals surface area contributed by atoms with Gasteiger partial charge in [-0.3, -0.25) is 0 Å². The lowest BCUT2D eigenvalue weighted by Crippen LogP contribution is -2.34. The number of benzene rings is 3. The van der Waals surface area contributed by atoms with Crippen molar-refractivity contribution in [3.63, 3.8) is 0 Å². The smallest absolute Gasteiger partial charge is 0.407 e. The van der Waals surface area contributed by atoms with Crippen LogP contribution in [0.2, 0.25) is 0 Å². The quantitative estimate of drug-likeness (QED) is 0.606. The lowest BCUT2D eigenvalue weighted by Gasteiger charge is -2.16. The third-order valence-corrected chi connectivity index (χ3v) is 5.21. The zero-order chi connectivity index (χ0) is 21.6. The highest BCUT2D eigenvalue weighted by molar-refractivity contribution is 5.80. The highest BCUT2D eigenvalue weighted by atomic mass is 16.5. The average Bonchev–Trinajstić information content (AvgIpc) is 3.24. The number of nitrogens with one attached hydrogen (secondary N) is 1. The molecule has 6 nitrogen and oxygen atoms in total. The minimum Gasteiger partial charge on any atom is -0.493 e. The van der Waals surface area contributed by atoms with Crippen LogP contribution in [0.4, 0.5) is 4.79 Å². The minimum absolute atomic E-state index is 0.169. The van der Waals surface area contributed by atoms with Gasteiger partial charge in [-0.1, -0.05) is 60.7 Å². The average molecular weight is 419 g/mol. The Morgan fingerprint density at radius 2 is 1.74 bits per heavy atom. The number of carbonyl (C=O) groups is 1. The van der Waals surface area contributed by atoms with Crippen LogP contribution in [0.1, 0.15) is 11.1 Å². The minimum atomic E-state index is -0.460. The van der Waals surface area contributed by atoms with Crippen molar-refractivity contribution < 1.29 is 23.7 Å². The van der Waals surface area contributed by atoms with Gasteiger partial charge in [-0.05, 0) is 17.2 Å². The SMILES string of the molecule is COc1cccc(-c2cccc3c2OC(CNC(=O)OCc2ccccc2)C3)c1OC. The fourth-order valence-electron chi connectivity index (χ4n) is 3.73. The molecule has 31 heavy (non-hydrogen) atoms. The fraction of sp³-hybridized carbons (Fsp3) is 0.240. The monoisotopic (exact) mass is 419 g/mol. The van der Waals surface area contributed by atoms with Gasteiger partial charge in [-0.25, -0.2) is 4.79 Å². The molecule has 0 aliphatic carbocycles. The van der Waals surface area contributed by atoms with Gasteiger partial charge in [-0.15, -0.1) is 0 Å². The van der Waals surface area contributed by atoms with Crippen LogP contribution in [-0.2, 0) is 17.8 Å². The fourth-order valence-corrected chi connectivity index (χ4v) is 3.73. The van der Waals surface area contributed by atoms with Gasteiger partial charge in [0.1, 0.15) is 18.5 Å². The van der Waals surface area contributed by atoms with E-state index in [9.17, 15) is 4.79 Å². The van der Waals surface area contributed by atoms with E-state index in [-0.39, 0.29) is 12.7 Å². The summed E-state index contributed by atoms with van der Waals surface area (Å²) in [7, 11) is 3.24. The van der Waals surface area contributed by atoms with Crippen molar-refractivity contribution in [1.82, 2.24) is 5.32 Å². The van der Waals surface area contributed by atoms with Crippen molar-refractivity contribution in [2.24, 2.45) is 0 Å². The van der Waals surface area contributed by atoms with Gasteiger partial charge in [0.25, 0.3) is 0 Å². The largest absolute Gasteiger partial charge is 0.493 e. The Kier molecular flexibility index (Phi) is 6.26. The number of methoxy groups -OCH3 is 2. The molecule has 0 radical (unpaired) electrons. The molecule has 0 saturated heterocycles. The Labute approximate surface area is 181 Å². The number of alkyl carbamates (subject to hydrolysis) is 1. The molecule has 1 N–H and O–H groups in total. The van der Waals surface area contributed by atoms with Crippen LogP contribution in [0.5, 0.6) is 17.2 Å². The van der Waals surface area contributed by atoms with Crippen molar-refractivity contribution in [3.8, 4) is 28.4 Å². The Morgan fingerprint density at radius 3 is 2.52 bits per heavy atom. The summed E-state index contributed by atoms with van der Waals surface area (Å²) in [6, 6.07) is 21.4. The van der Waals surface area contributed by atoms with Crippen LogP contribution in [0.3, 0.4) is 0 Å². The van der Waals surface area contributed by atoms with Crippen molar-refractivity contribution >= 4 is 6.09 Å². The van der Waals surface area contributed by atoms with Gasteiger partial charge in [0.15, 0.2) is 11.5 Å². The molecule has 160 valence electrons. The summed E-state index contributed by atoms with van der Waals surface area (Å²) in [6.07, 6.45) is 0.0733. The molecule has 4 rings (SSSR count). The summed E-state index contributed by atoms with van der Waals surface area (Å²) in [5.74, 6) is 2.13. The predicted molar refractivity (Wildman–Crippen MR) is 118 cm³/mol. The maximum absolute atomic E-state index is 12.1. The number of para-hydroxylation sites is 2. The number of hydrogen-bond acceptors (Lipinski definition) is 5. The number of carbonyl (C=O) groups excluding carboxylic acids is 1. The first-order chi connectivity index (χ1) is 15.2. The number of hydrogen-bond donors (Lipinski definition) is 1. The molecule has 1 aliphatic heterocycles. The van der Waals surface area contributed by atoms with E-state index in [0.717, 1.165) is 28.0 Å². The van der Waals surface area contributed by atoms with Crippen molar-refractivity contribution in [2.75, 3.05) is 20.8 Å². The first-order valence-corrected chi connectivity index (χ1v) is 10.1. The molecule has 3 aromatic carbocycles. The van der Waals surface area contributed by atoms with Crippen molar-refractivity contribution in [3.05, 3.63) is 77.9 Å². The Balaban J connectivity index is 1.42. The third kappa shape index (κ3) is 4.58. The van der Waals surface area contributed by atoms with Crippen LogP contribution in [0.25, 0.3) is 11.1 Å². The summed E-state index contributed by atoms with van der Waals surface area (Å²) in [6.45, 7) is 0.592.